The van der Waals surface area contributed by atoms with Gasteiger partial charge >= 0.3 is 0 Å². The summed E-state index contributed by atoms with van der Waals surface area (Å²) in [5.74, 6) is 0. The molecule has 116 valence electrons. The van der Waals surface area contributed by atoms with Gasteiger partial charge in [-0.3, -0.25) is 4.90 Å². The van der Waals surface area contributed by atoms with E-state index >= 15 is 0 Å². The van der Waals surface area contributed by atoms with Crippen molar-refractivity contribution in [2.24, 2.45) is 0 Å². The fourth-order valence-electron chi connectivity index (χ4n) is 4.17. The van der Waals surface area contributed by atoms with Gasteiger partial charge in [0.15, 0.2) is 0 Å². The SMILES string of the molecule is CNC1c2ccccc2CCCC1N1CC(C)OC(C)C1. The number of fused-ring (bicyclic) bond motifs is 1. The number of nitrogens with zero attached hydrogens (tertiary/aromatic N) is 1. The number of hydrogen-bond donors (Lipinski definition) is 1. The number of hydrogen-bond acceptors (Lipinski definition) is 3. The first-order valence-electron chi connectivity index (χ1n) is 8.33. The molecular formula is C18H28N2O. The molecule has 0 radical (unpaired) electrons. The summed E-state index contributed by atoms with van der Waals surface area (Å²) in [6, 6.07) is 9.96. The smallest absolute Gasteiger partial charge is 0.0678 e. The highest BCUT2D eigenvalue weighted by Gasteiger charge is 2.34. The molecule has 0 spiro atoms. The van der Waals surface area contributed by atoms with Gasteiger partial charge < -0.3 is 10.1 Å². The predicted molar refractivity (Wildman–Crippen MR) is 86.6 cm³/mol. The Balaban J connectivity index is 1.87. The van der Waals surface area contributed by atoms with E-state index < -0.39 is 0 Å². The van der Waals surface area contributed by atoms with Gasteiger partial charge in [-0.25, -0.2) is 0 Å². The van der Waals surface area contributed by atoms with Gasteiger partial charge in [-0.15, -0.1) is 0 Å². The number of aryl methyl sites for hydroxylation is 1. The third kappa shape index (κ3) is 3.15. The second-order valence-electron chi connectivity index (χ2n) is 6.64. The van der Waals surface area contributed by atoms with Crippen molar-refractivity contribution in [2.45, 2.75) is 57.4 Å². The average Bonchev–Trinajstić information content (AvgIpc) is 2.65. The van der Waals surface area contributed by atoms with Gasteiger partial charge in [-0.1, -0.05) is 24.3 Å². The van der Waals surface area contributed by atoms with E-state index in [1.54, 1.807) is 0 Å². The van der Waals surface area contributed by atoms with Crippen molar-refractivity contribution < 1.29 is 4.74 Å². The normalized spacial score (nSPS) is 34.2. The lowest BCUT2D eigenvalue weighted by molar-refractivity contribution is -0.0851. The fraction of sp³-hybridized carbons (Fsp3) is 0.667. The Hall–Kier alpha value is -0.900. The summed E-state index contributed by atoms with van der Waals surface area (Å²) in [6.45, 7) is 6.49. The van der Waals surface area contributed by atoms with E-state index in [1.165, 1.54) is 30.4 Å². The number of rotatable bonds is 2. The molecule has 1 aromatic carbocycles. The van der Waals surface area contributed by atoms with Crippen LogP contribution in [0.1, 0.15) is 43.9 Å². The summed E-state index contributed by atoms with van der Waals surface area (Å²) >= 11 is 0. The second-order valence-corrected chi connectivity index (χ2v) is 6.64. The summed E-state index contributed by atoms with van der Waals surface area (Å²) < 4.78 is 5.91. The van der Waals surface area contributed by atoms with Gasteiger partial charge in [0.2, 0.25) is 0 Å². The third-order valence-corrected chi connectivity index (χ3v) is 4.95. The zero-order chi connectivity index (χ0) is 14.8. The highest BCUT2D eigenvalue weighted by atomic mass is 16.5. The Kier molecular flexibility index (Phi) is 4.63. The molecule has 0 amide bonds. The quantitative estimate of drug-likeness (QED) is 0.847. The Morgan fingerprint density at radius 2 is 1.86 bits per heavy atom. The first kappa shape index (κ1) is 15.0. The molecule has 0 aromatic heterocycles. The number of ether oxygens (including phenoxy) is 1. The molecule has 1 N–H and O–H groups in total. The van der Waals surface area contributed by atoms with Gasteiger partial charge in [0, 0.05) is 25.2 Å². The van der Waals surface area contributed by atoms with Crippen LogP contribution in [0.2, 0.25) is 0 Å². The van der Waals surface area contributed by atoms with Crippen LogP contribution in [0.25, 0.3) is 0 Å². The minimum atomic E-state index is 0.338. The van der Waals surface area contributed by atoms with Gasteiger partial charge in [-0.2, -0.15) is 0 Å². The van der Waals surface area contributed by atoms with Crippen LogP contribution in [0.3, 0.4) is 0 Å². The van der Waals surface area contributed by atoms with Crippen LogP contribution < -0.4 is 5.32 Å². The van der Waals surface area contributed by atoms with Crippen molar-refractivity contribution >= 4 is 0 Å². The molecule has 3 nitrogen and oxygen atoms in total. The summed E-state index contributed by atoms with van der Waals surface area (Å²) in [6.07, 6.45) is 4.43. The first-order valence-corrected chi connectivity index (χ1v) is 8.33. The van der Waals surface area contributed by atoms with E-state index in [1.807, 2.05) is 0 Å². The van der Waals surface area contributed by atoms with Crippen LogP contribution in [0, 0.1) is 0 Å². The van der Waals surface area contributed by atoms with Crippen molar-refractivity contribution in [1.29, 1.82) is 0 Å². The van der Waals surface area contributed by atoms with Crippen LogP contribution in [0.15, 0.2) is 24.3 Å². The summed E-state index contributed by atoms with van der Waals surface area (Å²) in [4.78, 5) is 2.65. The van der Waals surface area contributed by atoms with E-state index in [-0.39, 0.29) is 0 Å². The number of benzene rings is 1. The van der Waals surface area contributed by atoms with Gasteiger partial charge in [0.1, 0.15) is 0 Å². The van der Waals surface area contributed by atoms with Crippen molar-refractivity contribution in [3.05, 3.63) is 35.4 Å². The fourth-order valence-corrected chi connectivity index (χ4v) is 4.17. The first-order chi connectivity index (χ1) is 10.2. The number of morpholine rings is 1. The van der Waals surface area contributed by atoms with E-state index in [0.29, 0.717) is 24.3 Å². The van der Waals surface area contributed by atoms with Crippen LogP contribution in [0.5, 0.6) is 0 Å². The summed E-state index contributed by atoms with van der Waals surface area (Å²) in [5.41, 5.74) is 3.02. The maximum Gasteiger partial charge on any atom is 0.0678 e. The summed E-state index contributed by atoms with van der Waals surface area (Å²) in [7, 11) is 2.10. The summed E-state index contributed by atoms with van der Waals surface area (Å²) in [5, 5.41) is 3.59. The largest absolute Gasteiger partial charge is 0.373 e. The molecule has 1 heterocycles. The molecule has 1 fully saturated rings. The van der Waals surface area contributed by atoms with Gasteiger partial charge in [0.05, 0.1) is 12.2 Å². The Morgan fingerprint density at radius 1 is 1.14 bits per heavy atom. The van der Waals surface area contributed by atoms with E-state index in [2.05, 4.69) is 55.4 Å². The Morgan fingerprint density at radius 3 is 2.57 bits per heavy atom. The molecule has 4 atom stereocenters. The number of nitrogens with one attached hydrogen (secondary N) is 1. The van der Waals surface area contributed by atoms with E-state index in [0.717, 1.165) is 13.1 Å². The minimum Gasteiger partial charge on any atom is -0.373 e. The highest BCUT2D eigenvalue weighted by Crippen LogP contribution is 2.33. The molecule has 3 rings (SSSR count). The minimum absolute atomic E-state index is 0.338. The maximum absolute atomic E-state index is 5.91. The van der Waals surface area contributed by atoms with E-state index in [9.17, 15) is 0 Å². The maximum atomic E-state index is 5.91. The molecule has 4 unspecified atom stereocenters. The van der Waals surface area contributed by atoms with Crippen LogP contribution in [-0.4, -0.2) is 43.3 Å². The Labute approximate surface area is 128 Å². The lowest BCUT2D eigenvalue weighted by atomic mass is 9.94. The van der Waals surface area contributed by atoms with Crippen LogP contribution in [-0.2, 0) is 11.2 Å². The van der Waals surface area contributed by atoms with Crippen molar-refractivity contribution in [3.8, 4) is 0 Å². The molecule has 1 saturated heterocycles. The molecule has 1 aromatic rings. The molecule has 0 saturated carbocycles. The molecule has 0 bridgehead atoms. The lowest BCUT2D eigenvalue weighted by Gasteiger charge is -2.43. The van der Waals surface area contributed by atoms with E-state index in [4.69, 9.17) is 4.74 Å². The van der Waals surface area contributed by atoms with Crippen molar-refractivity contribution in [2.75, 3.05) is 20.1 Å². The zero-order valence-corrected chi connectivity index (χ0v) is 13.5. The monoisotopic (exact) mass is 288 g/mol. The second kappa shape index (κ2) is 6.47. The molecule has 3 heteroatoms. The standard InChI is InChI=1S/C18H28N2O/c1-13-11-20(12-14(2)21-13)17-10-6-8-15-7-4-5-9-16(15)18(17)19-3/h4-5,7,9,13-14,17-19H,6,8,10-12H2,1-3H3. The Bertz CT molecular complexity index is 466. The molecule has 2 aliphatic rings. The topological polar surface area (TPSA) is 24.5 Å². The molecule has 21 heavy (non-hydrogen) atoms. The average molecular weight is 288 g/mol. The molecule has 1 aliphatic carbocycles. The third-order valence-electron chi connectivity index (χ3n) is 4.95. The van der Waals surface area contributed by atoms with Crippen LogP contribution >= 0.6 is 0 Å². The molecule has 1 aliphatic heterocycles. The highest BCUT2D eigenvalue weighted by molar-refractivity contribution is 5.32. The van der Waals surface area contributed by atoms with Crippen LogP contribution in [0.4, 0.5) is 0 Å². The van der Waals surface area contributed by atoms with Gasteiger partial charge in [0.25, 0.3) is 0 Å². The lowest BCUT2D eigenvalue weighted by Crippen LogP contribution is -2.53. The van der Waals surface area contributed by atoms with Crippen molar-refractivity contribution in [3.63, 3.8) is 0 Å². The van der Waals surface area contributed by atoms with Crippen molar-refractivity contribution in [1.82, 2.24) is 10.2 Å². The number of likely N-dealkylation sites (N-methyl/N-ethyl adjacent to an activating group) is 1. The van der Waals surface area contributed by atoms with Gasteiger partial charge in [-0.05, 0) is 51.3 Å². The predicted octanol–water partition coefficient (Wildman–Crippen LogP) is 2.76. The zero-order valence-electron chi connectivity index (χ0n) is 13.5. The molecular weight excluding hydrogens is 260 g/mol.